The van der Waals surface area contributed by atoms with Gasteiger partial charge in [0.2, 0.25) is 11.8 Å². The molecule has 2 aromatic carbocycles. The molecule has 39 heavy (non-hydrogen) atoms. The molecule has 2 aliphatic rings. The second-order valence-electron chi connectivity index (χ2n) is 11.2. The lowest BCUT2D eigenvalue weighted by Crippen LogP contribution is -2.55. The number of nitrogens with two attached hydrogens (primary N) is 1. The van der Waals surface area contributed by atoms with Gasteiger partial charge in [0.15, 0.2) is 0 Å². The Bertz CT molecular complexity index is 1340. The Labute approximate surface area is 230 Å². The Hall–Kier alpha value is -3.74. The third-order valence-electron chi connectivity index (χ3n) is 7.07. The highest BCUT2D eigenvalue weighted by molar-refractivity contribution is 6.76. The van der Waals surface area contributed by atoms with Gasteiger partial charge in [0.05, 0.1) is 0 Å². The van der Waals surface area contributed by atoms with Gasteiger partial charge in [-0.3, -0.25) is 24.1 Å². The minimum Gasteiger partial charge on any atom is -0.366 e. The van der Waals surface area contributed by atoms with Crippen molar-refractivity contribution in [2.75, 3.05) is 13.3 Å². The van der Waals surface area contributed by atoms with E-state index >= 15 is 0 Å². The second kappa shape index (κ2) is 12.0. The normalized spacial score (nSPS) is 17.2. The SMILES string of the molecule is C[Si](C)(C)CCOCN1C(=O)CCC(N2Cc3c(C#CCCc4ccc(C(N)=O)cc4)cccc3C2=O)C1=O. The number of primary amides is 1. The summed E-state index contributed by atoms with van der Waals surface area (Å²) in [5.41, 5.74) is 8.93. The number of ether oxygens (including phenoxy) is 1. The maximum Gasteiger partial charge on any atom is 0.255 e. The highest BCUT2D eigenvalue weighted by atomic mass is 28.3. The number of hydrogen-bond donors (Lipinski definition) is 1. The molecule has 1 saturated heterocycles. The number of nitrogens with zero attached hydrogens (tertiary/aromatic N) is 2. The van der Waals surface area contributed by atoms with E-state index in [1.54, 1.807) is 29.2 Å². The fourth-order valence-electron chi connectivity index (χ4n) is 4.70. The van der Waals surface area contributed by atoms with Crippen LogP contribution in [0.5, 0.6) is 0 Å². The van der Waals surface area contributed by atoms with E-state index in [0.29, 0.717) is 37.0 Å². The van der Waals surface area contributed by atoms with Crippen molar-refractivity contribution in [2.45, 2.75) is 64.0 Å². The molecule has 4 rings (SSSR count). The van der Waals surface area contributed by atoms with Crippen LogP contribution in [0, 0.1) is 11.8 Å². The average molecular weight is 546 g/mol. The molecule has 9 heteroatoms. The summed E-state index contributed by atoms with van der Waals surface area (Å²) in [5.74, 6) is 5.07. The van der Waals surface area contributed by atoms with E-state index < -0.39 is 20.0 Å². The molecular formula is C30H35N3O5Si. The number of benzene rings is 2. The second-order valence-corrected chi connectivity index (χ2v) is 16.8. The summed E-state index contributed by atoms with van der Waals surface area (Å²) < 4.78 is 5.69. The maximum absolute atomic E-state index is 13.3. The number of piperidine rings is 1. The molecule has 2 heterocycles. The first-order valence-corrected chi connectivity index (χ1v) is 17.0. The van der Waals surface area contributed by atoms with Crippen molar-refractivity contribution in [3.8, 4) is 11.8 Å². The molecule has 2 aliphatic heterocycles. The summed E-state index contributed by atoms with van der Waals surface area (Å²) in [6.07, 6.45) is 1.82. The molecule has 1 fully saturated rings. The monoisotopic (exact) mass is 545 g/mol. The molecule has 0 radical (unpaired) electrons. The lowest BCUT2D eigenvalue weighted by molar-refractivity contribution is -0.158. The van der Waals surface area contributed by atoms with Gasteiger partial charge >= 0.3 is 0 Å². The predicted molar refractivity (Wildman–Crippen MR) is 150 cm³/mol. The minimum absolute atomic E-state index is 0.0738. The molecule has 2 aromatic rings. The molecule has 0 spiro atoms. The number of aryl methyl sites for hydroxylation is 1. The number of hydrogen-bond acceptors (Lipinski definition) is 5. The van der Waals surface area contributed by atoms with Crippen LogP contribution in [0.15, 0.2) is 42.5 Å². The smallest absolute Gasteiger partial charge is 0.255 e. The number of amides is 4. The average Bonchev–Trinajstić information content (AvgIpc) is 3.22. The number of likely N-dealkylation sites (tertiary alicyclic amines) is 1. The summed E-state index contributed by atoms with van der Waals surface area (Å²) in [7, 11) is -1.29. The Kier molecular flexibility index (Phi) is 8.68. The topological polar surface area (TPSA) is 110 Å². The largest absolute Gasteiger partial charge is 0.366 e. The fourth-order valence-corrected chi connectivity index (χ4v) is 5.46. The van der Waals surface area contributed by atoms with Gasteiger partial charge in [-0.1, -0.05) is 49.7 Å². The number of carbonyl (C=O) groups is 4. The maximum atomic E-state index is 13.3. The van der Waals surface area contributed by atoms with Gasteiger partial charge in [-0.25, -0.2) is 0 Å². The van der Waals surface area contributed by atoms with Crippen molar-refractivity contribution >= 4 is 31.7 Å². The van der Waals surface area contributed by atoms with Crippen LogP contribution in [-0.2, 0) is 27.3 Å². The van der Waals surface area contributed by atoms with Gasteiger partial charge < -0.3 is 15.4 Å². The van der Waals surface area contributed by atoms with E-state index in [1.807, 2.05) is 18.2 Å². The van der Waals surface area contributed by atoms with Crippen molar-refractivity contribution < 1.29 is 23.9 Å². The number of imide groups is 1. The van der Waals surface area contributed by atoms with E-state index in [4.69, 9.17) is 10.5 Å². The van der Waals surface area contributed by atoms with Crippen LogP contribution in [0.1, 0.15) is 56.7 Å². The number of fused-ring (bicyclic) bond motifs is 1. The van der Waals surface area contributed by atoms with Crippen LogP contribution in [0.3, 0.4) is 0 Å². The third-order valence-corrected chi connectivity index (χ3v) is 8.78. The Morgan fingerprint density at radius 3 is 2.54 bits per heavy atom. The molecule has 2 N–H and O–H groups in total. The highest BCUT2D eigenvalue weighted by Crippen LogP contribution is 2.31. The third kappa shape index (κ3) is 6.83. The molecule has 0 aromatic heterocycles. The van der Waals surface area contributed by atoms with E-state index in [9.17, 15) is 19.2 Å². The van der Waals surface area contributed by atoms with Crippen molar-refractivity contribution in [3.63, 3.8) is 0 Å². The van der Waals surface area contributed by atoms with E-state index in [-0.39, 0.29) is 37.4 Å². The van der Waals surface area contributed by atoms with Crippen LogP contribution in [0.4, 0.5) is 0 Å². The van der Waals surface area contributed by atoms with Crippen LogP contribution in [0.2, 0.25) is 25.7 Å². The predicted octanol–water partition coefficient (Wildman–Crippen LogP) is 3.56. The fraction of sp³-hybridized carbons (Fsp3) is 0.400. The molecule has 1 atom stereocenters. The summed E-state index contributed by atoms with van der Waals surface area (Å²) in [6.45, 7) is 7.43. The number of carbonyl (C=O) groups excluding carboxylic acids is 4. The molecule has 204 valence electrons. The summed E-state index contributed by atoms with van der Waals surface area (Å²) in [4.78, 5) is 53.0. The lowest BCUT2D eigenvalue weighted by atomic mass is 10.0. The zero-order valence-corrected chi connectivity index (χ0v) is 23.8. The Balaban J connectivity index is 1.40. The molecule has 0 aliphatic carbocycles. The van der Waals surface area contributed by atoms with E-state index in [1.165, 1.54) is 0 Å². The zero-order chi connectivity index (χ0) is 28.2. The van der Waals surface area contributed by atoms with Gasteiger partial charge in [0, 0.05) is 50.8 Å². The molecule has 4 amide bonds. The van der Waals surface area contributed by atoms with Crippen LogP contribution in [0.25, 0.3) is 0 Å². The first kappa shape index (κ1) is 28.3. The van der Waals surface area contributed by atoms with Crippen molar-refractivity contribution in [2.24, 2.45) is 5.73 Å². The zero-order valence-electron chi connectivity index (χ0n) is 22.8. The first-order valence-electron chi connectivity index (χ1n) is 13.3. The number of rotatable bonds is 9. The molecule has 8 nitrogen and oxygen atoms in total. The van der Waals surface area contributed by atoms with Gasteiger partial charge in [-0.05, 0) is 54.3 Å². The van der Waals surface area contributed by atoms with Crippen molar-refractivity contribution in [3.05, 3.63) is 70.3 Å². The van der Waals surface area contributed by atoms with Gasteiger partial charge in [0.1, 0.15) is 12.8 Å². The van der Waals surface area contributed by atoms with Crippen molar-refractivity contribution in [1.82, 2.24) is 9.80 Å². The van der Waals surface area contributed by atoms with E-state index in [0.717, 1.165) is 27.6 Å². The Morgan fingerprint density at radius 1 is 1.10 bits per heavy atom. The molecule has 0 bridgehead atoms. The van der Waals surface area contributed by atoms with Crippen LogP contribution >= 0.6 is 0 Å². The van der Waals surface area contributed by atoms with E-state index in [2.05, 4.69) is 31.5 Å². The van der Waals surface area contributed by atoms with Gasteiger partial charge in [-0.2, -0.15) is 0 Å². The van der Waals surface area contributed by atoms with Gasteiger partial charge in [0.25, 0.3) is 11.8 Å². The van der Waals surface area contributed by atoms with Gasteiger partial charge in [-0.15, -0.1) is 0 Å². The van der Waals surface area contributed by atoms with Crippen LogP contribution in [-0.4, -0.2) is 60.9 Å². The standard InChI is InChI=1S/C30H35N3O5Si/c1-39(2,3)18-17-38-20-33-27(34)16-15-26(30(33)37)32-19-25-22(9-6-10-24(25)29(32)36)8-5-4-7-21-11-13-23(14-12-21)28(31)35/h6,9-14,26H,4,7,15-20H2,1-3H3,(H2,31,35). The highest BCUT2D eigenvalue weighted by Gasteiger charge is 2.43. The molecule has 0 saturated carbocycles. The van der Waals surface area contributed by atoms with Crippen LogP contribution < -0.4 is 5.73 Å². The summed E-state index contributed by atoms with van der Waals surface area (Å²) in [6, 6.07) is 12.8. The lowest BCUT2D eigenvalue weighted by Gasteiger charge is -2.35. The summed E-state index contributed by atoms with van der Waals surface area (Å²) in [5, 5.41) is 0. The first-order chi connectivity index (χ1) is 18.5. The van der Waals surface area contributed by atoms with Crippen molar-refractivity contribution in [1.29, 1.82) is 0 Å². The Morgan fingerprint density at radius 2 is 1.85 bits per heavy atom. The molecular weight excluding hydrogens is 510 g/mol. The minimum atomic E-state index is -1.29. The molecule has 1 unspecified atom stereocenters. The summed E-state index contributed by atoms with van der Waals surface area (Å²) >= 11 is 0. The quantitative estimate of drug-likeness (QED) is 0.224.